The summed E-state index contributed by atoms with van der Waals surface area (Å²) in [7, 11) is -1.26. The van der Waals surface area contributed by atoms with Crippen LogP contribution < -0.4 is 5.19 Å². The summed E-state index contributed by atoms with van der Waals surface area (Å²) >= 11 is 5.99. The lowest BCUT2D eigenvalue weighted by molar-refractivity contribution is 0.224. The van der Waals surface area contributed by atoms with E-state index in [4.69, 9.17) is 11.6 Å². The first-order valence-electron chi connectivity index (χ1n) is 8.56. The maximum Gasteiger partial charge on any atom is 0.0806 e. The molecule has 118 valence electrons. The van der Waals surface area contributed by atoms with Crippen molar-refractivity contribution in [2.24, 2.45) is 0 Å². The number of piperidine rings is 1. The van der Waals surface area contributed by atoms with Gasteiger partial charge in [-0.15, -0.1) is 0 Å². The van der Waals surface area contributed by atoms with Crippen molar-refractivity contribution in [2.45, 2.75) is 57.7 Å². The van der Waals surface area contributed by atoms with Gasteiger partial charge >= 0.3 is 0 Å². The van der Waals surface area contributed by atoms with E-state index in [9.17, 15) is 0 Å². The van der Waals surface area contributed by atoms with Gasteiger partial charge in [-0.3, -0.25) is 0 Å². The summed E-state index contributed by atoms with van der Waals surface area (Å²) in [5.74, 6) is 0. The molecular formula is C18H30ClNSi. The third-order valence-electron chi connectivity index (χ3n) is 4.85. The van der Waals surface area contributed by atoms with E-state index in [1.54, 1.807) is 5.19 Å². The van der Waals surface area contributed by atoms with Crippen LogP contribution in [0, 0.1) is 0 Å². The zero-order valence-electron chi connectivity index (χ0n) is 13.7. The van der Waals surface area contributed by atoms with E-state index in [-0.39, 0.29) is 0 Å². The van der Waals surface area contributed by atoms with Crippen molar-refractivity contribution in [3.8, 4) is 0 Å². The minimum Gasteiger partial charge on any atom is -0.303 e. The van der Waals surface area contributed by atoms with E-state index in [0.29, 0.717) is 0 Å². The summed E-state index contributed by atoms with van der Waals surface area (Å²) in [6.07, 6.45) is 8.42. The second kappa shape index (κ2) is 8.35. The van der Waals surface area contributed by atoms with Crippen LogP contribution in [0.15, 0.2) is 24.3 Å². The lowest BCUT2D eigenvalue weighted by atomic mass is 10.1. The predicted molar refractivity (Wildman–Crippen MR) is 97.5 cm³/mol. The third kappa shape index (κ3) is 5.76. The van der Waals surface area contributed by atoms with Gasteiger partial charge in [-0.25, -0.2) is 0 Å². The van der Waals surface area contributed by atoms with Gasteiger partial charge in [0, 0.05) is 5.02 Å². The highest BCUT2D eigenvalue weighted by molar-refractivity contribution is 6.89. The summed E-state index contributed by atoms with van der Waals surface area (Å²) in [6, 6.07) is 9.96. The Morgan fingerprint density at radius 1 is 0.952 bits per heavy atom. The molecule has 1 heterocycles. The fraction of sp³-hybridized carbons (Fsp3) is 0.667. The van der Waals surface area contributed by atoms with Crippen LogP contribution in [-0.2, 0) is 0 Å². The molecule has 0 spiro atoms. The monoisotopic (exact) mass is 323 g/mol. The van der Waals surface area contributed by atoms with Crippen LogP contribution in [0.3, 0.4) is 0 Å². The Hall–Kier alpha value is -0.313. The Morgan fingerprint density at radius 3 is 2.29 bits per heavy atom. The fourth-order valence-electron chi connectivity index (χ4n) is 3.31. The Labute approximate surface area is 136 Å². The van der Waals surface area contributed by atoms with Crippen LogP contribution in [0.5, 0.6) is 0 Å². The molecule has 0 atom stereocenters. The quantitative estimate of drug-likeness (QED) is 0.509. The Bertz CT molecular complexity index is 410. The molecule has 0 unspecified atom stereocenters. The van der Waals surface area contributed by atoms with Gasteiger partial charge in [-0.2, -0.15) is 0 Å². The van der Waals surface area contributed by atoms with Crippen molar-refractivity contribution < 1.29 is 0 Å². The molecule has 1 aliphatic rings. The SMILES string of the molecule is C[Si](C)(CCCCCN1CCCCC1)c1ccc(Cl)cc1. The van der Waals surface area contributed by atoms with Gasteiger partial charge in [-0.05, 0) is 51.0 Å². The molecule has 1 saturated heterocycles. The van der Waals surface area contributed by atoms with Crippen LogP contribution in [0.1, 0.15) is 38.5 Å². The Kier molecular flexibility index (Phi) is 6.78. The molecule has 0 aromatic heterocycles. The molecule has 0 saturated carbocycles. The van der Waals surface area contributed by atoms with Gasteiger partial charge in [0.2, 0.25) is 0 Å². The number of likely N-dealkylation sites (tertiary alicyclic amines) is 1. The highest BCUT2D eigenvalue weighted by atomic mass is 35.5. The van der Waals surface area contributed by atoms with E-state index < -0.39 is 8.07 Å². The molecule has 2 rings (SSSR count). The van der Waals surface area contributed by atoms with Gasteiger partial charge in [0.05, 0.1) is 8.07 Å². The van der Waals surface area contributed by atoms with Gasteiger partial charge < -0.3 is 4.90 Å². The predicted octanol–water partition coefficient (Wildman–Crippen LogP) is 4.91. The van der Waals surface area contributed by atoms with Crippen LogP contribution >= 0.6 is 11.6 Å². The first-order valence-corrected chi connectivity index (χ1v) is 12.1. The van der Waals surface area contributed by atoms with Crippen molar-refractivity contribution >= 4 is 24.9 Å². The standard InChI is InChI=1S/C18H30ClNSi/c1-21(2,18-11-9-17(19)10-12-18)16-8-4-7-15-20-13-5-3-6-14-20/h9-12H,3-8,13-16H2,1-2H3. The molecule has 0 bridgehead atoms. The number of hydrogen-bond donors (Lipinski definition) is 0. The highest BCUT2D eigenvalue weighted by Crippen LogP contribution is 2.17. The number of unbranched alkanes of at least 4 members (excludes halogenated alkanes) is 2. The second-order valence-corrected chi connectivity index (χ2v) is 12.4. The van der Waals surface area contributed by atoms with E-state index in [1.807, 2.05) is 12.1 Å². The number of benzene rings is 1. The minimum atomic E-state index is -1.26. The molecular weight excluding hydrogens is 294 g/mol. The fourth-order valence-corrected chi connectivity index (χ4v) is 5.93. The van der Waals surface area contributed by atoms with Crippen LogP contribution in [-0.4, -0.2) is 32.6 Å². The molecule has 0 N–H and O–H groups in total. The largest absolute Gasteiger partial charge is 0.303 e. The zero-order valence-corrected chi connectivity index (χ0v) is 15.5. The summed E-state index contributed by atoms with van der Waals surface area (Å²) in [4.78, 5) is 2.66. The maximum atomic E-state index is 5.99. The van der Waals surface area contributed by atoms with E-state index in [2.05, 4.69) is 30.1 Å². The number of halogens is 1. The third-order valence-corrected chi connectivity index (χ3v) is 8.60. The lowest BCUT2D eigenvalue weighted by Gasteiger charge is -2.26. The molecule has 1 aliphatic heterocycles. The first kappa shape index (κ1) is 17.0. The van der Waals surface area contributed by atoms with Crippen molar-refractivity contribution in [1.82, 2.24) is 4.90 Å². The van der Waals surface area contributed by atoms with Crippen LogP contribution in [0.2, 0.25) is 24.2 Å². The average Bonchev–Trinajstić information content (AvgIpc) is 2.48. The molecule has 3 heteroatoms. The van der Waals surface area contributed by atoms with Crippen molar-refractivity contribution in [1.29, 1.82) is 0 Å². The second-order valence-electron chi connectivity index (χ2n) is 7.10. The highest BCUT2D eigenvalue weighted by Gasteiger charge is 2.22. The van der Waals surface area contributed by atoms with Gasteiger partial charge in [0.15, 0.2) is 0 Å². The molecule has 1 aromatic carbocycles. The van der Waals surface area contributed by atoms with Crippen molar-refractivity contribution in [3.05, 3.63) is 29.3 Å². The van der Waals surface area contributed by atoms with Gasteiger partial charge in [-0.1, -0.05) is 67.3 Å². The van der Waals surface area contributed by atoms with E-state index >= 15 is 0 Å². The topological polar surface area (TPSA) is 3.24 Å². The molecule has 0 radical (unpaired) electrons. The normalized spacial score (nSPS) is 17.1. The molecule has 1 nitrogen and oxygen atoms in total. The molecule has 1 fully saturated rings. The van der Waals surface area contributed by atoms with E-state index in [1.165, 1.54) is 64.2 Å². The van der Waals surface area contributed by atoms with Crippen LogP contribution in [0.4, 0.5) is 0 Å². The number of rotatable bonds is 7. The minimum absolute atomic E-state index is 0.852. The Morgan fingerprint density at radius 2 is 1.62 bits per heavy atom. The first-order chi connectivity index (χ1) is 10.1. The van der Waals surface area contributed by atoms with E-state index in [0.717, 1.165) is 5.02 Å². The van der Waals surface area contributed by atoms with Crippen LogP contribution in [0.25, 0.3) is 0 Å². The smallest absolute Gasteiger partial charge is 0.0806 e. The Balaban J connectivity index is 1.66. The summed E-state index contributed by atoms with van der Waals surface area (Å²) < 4.78 is 0. The van der Waals surface area contributed by atoms with Crippen molar-refractivity contribution in [2.75, 3.05) is 19.6 Å². The molecule has 21 heavy (non-hydrogen) atoms. The number of nitrogens with zero attached hydrogens (tertiary/aromatic N) is 1. The summed E-state index contributed by atoms with van der Waals surface area (Å²) in [5.41, 5.74) is 0. The van der Waals surface area contributed by atoms with Gasteiger partial charge in [0.25, 0.3) is 0 Å². The average molecular weight is 324 g/mol. The maximum absolute atomic E-state index is 5.99. The molecule has 1 aromatic rings. The summed E-state index contributed by atoms with van der Waals surface area (Å²) in [5, 5.41) is 2.40. The molecule has 0 aliphatic carbocycles. The van der Waals surface area contributed by atoms with Gasteiger partial charge in [0.1, 0.15) is 0 Å². The zero-order chi connectivity index (χ0) is 15.1. The summed E-state index contributed by atoms with van der Waals surface area (Å²) in [6.45, 7) is 8.97. The molecule has 0 amide bonds. The van der Waals surface area contributed by atoms with Crippen molar-refractivity contribution in [3.63, 3.8) is 0 Å². The lowest BCUT2D eigenvalue weighted by Crippen LogP contribution is -2.40. The number of hydrogen-bond acceptors (Lipinski definition) is 1.